The minimum absolute atomic E-state index is 0.0923. The molecule has 140 valence electrons. The van der Waals surface area contributed by atoms with E-state index in [1.165, 1.54) is 30.7 Å². The maximum atomic E-state index is 13.3. The van der Waals surface area contributed by atoms with Crippen LogP contribution >= 0.6 is 11.6 Å². The van der Waals surface area contributed by atoms with Crippen molar-refractivity contribution in [2.24, 2.45) is 0 Å². The molecular formula is C19H11ClF3N5. The van der Waals surface area contributed by atoms with E-state index >= 15 is 0 Å². The van der Waals surface area contributed by atoms with E-state index in [9.17, 15) is 13.2 Å². The minimum atomic E-state index is -4.53. The Morgan fingerprint density at radius 2 is 1.75 bits per heavy atom. The van der Waals surface area contributed by atoms with Gasteiger partial charge in [-0.15, -0.1) is 0 Å². The average Bonchev–Trinajstić information content (AvgIpc) is 2.69. The Morgan fingerprint density at radius 3 is 2.50 bits per heavy atom. The molecule has 4 heterocycles. The topological polar surface area (TPSA) is 63.6 Å². The zero-order chi connectivity index (χ0) is 19.7. The zero-order valence-electron chi connectivity index (χ0n) is 14.1. The Labute approximate surface area is 162 Å². The van der Waals surface area contributed by atoms with E-state index in [2.05, 4.69) is 25.3 Å². The molecule has 0 bridgehead atoms. The fourth-order valence-electron chi connectivity index (χ4n) is 2.70. The Kier molecular flexibility index (Phi) is 4.56. The lowest BCUT2D eigenvalue weighted by molar-refractivity contribution is -0.137. The van der Waals surface area contributed by atoms with E-state index in [0.717, 1.165) is 6.07 Å². The van der Waals surface area contributed by atoms with Crippen LogP contribution in [0.15, 0.2) is 61.1 Å². The lowest BCUT2D eigenvalue weighted by Gasteiger charge is -2.12. The fourth-order valence-corrected chi connectivity index (χ4v) is 2.81. The van der Waals surface area contributed by atoms with Crippen LogP contribution in [0.4, 0.5) is 24.7 Å². The summed E-state index contributed by atoms with van der Waals surface area (Å²) in [6.07, 6.45) is -0.213. The van der Waals surface area contributed by atoms with Gasteiger partial charge in [0.1, 0.15) is 11.5 Å². The van der Waals surface area contributed by atoms with Gasteiger partial charge >= 0.3 is 6.18 Å². The molecule has 9 heteroatoms. The molecule has 4 rings (SSSR count). The van der Waals surface area contributed by atoms with Crippen LogP contribution in [0, 0.1) is 0 Å². The van der Waals surface area contributed by atoms with Gasteiger partial charge in [0, 0.05) is 24.0 Å². The lowest BCUT2D eigenvalue weighted by Crippen LogP contribution is -2.08. The summed E-state index contributed by atoms with van der Waals surface area (Å²) in [7, 11) is 0. The van der Waals surface area contributed by atoms with Gasteiger partial charge in [-0.05, 0) is 42.5 Å². The number of aromatic nitrogens is 4. The molecular weight excluding hydrogens is 391 g/mol. The Hall–Kier alpha value is -3.26. The molecule has 0 saturated carbocycles. The van der Waals surface area contributed by atoms with Crippen molar-refractivity contribution in [1.29, 1.82) is 0 Å². The number of pyridine rings is 4. The van der Waals surface area contributed by atoms with Crippen molar-refractivity contribution in [3.8, 4) is 11.4 Å². The third-order valence-electron chi connectivity index (χ3n) is 3.95. The van der Waals surface area contributed by atoms with E-state index in [-0.39, 0.29) is 17.0 Å². The molecule has 0 radical (unpaired) electrons. The highest BCUT2D eigenvalue weighted by Crippen LogP contribution is 2.35. The molecule has 4 aromatic rings. The van der Waals surface area contributed by atoms with E-state index in [1.54, 1.807) is 24.3 Å². The largest absolute Gasteiger partial charge is 0.418 e. The van der Waals surface area contributed by atoms with Gasteiger partial charge in [-0.2, -0.15) is 13.2 Å². The van der Waals surface area contributed by atoms with Crippen LogP contribution in [0.2, 0.25) is 5.02 Å². The molecule has 0 amide bonds. The number of nitrogens with one attached hydrogen (secondary N) is 1. The predicted molar refractivity (Wildman–Crippen MR) is 100 cm³/mol. The van der Waals surface area contributed by atoms with Crippen molar-refractivity contribution in [2.75, 3.05) is 5.32 Å². The summed E-state index contributed by atoms with van der Waals surface area (Å²) in [5, 5.41) is 4.26. The SMILES string of the molecule is FC(F)(F)c1cccnc1-c1ccc2c(Nc3ccc(Cl)cn3)ccnc2n1. The molecule has 0 unspecified atom stereocenters. The predicted octanol–water partition coefficient (Wildman–Crippen LogP) is 5.50. The van der Waals surface area contributed by atoms with Crippen molar-refractivity contribution >= 4 is 34.1 Å². The van der Waals surface area contributed by atoms with Crippen molar-refractivity contribution in [3.63, 3.8) is 0 Å². The fraction of sp³-hybridized carbons (Fsp3) is 0.0526. The molecule has 5 nitrogen and oxygen atoms in total. The van der Waals surface area contributed by atoms with Gasteiger partial charge in [-0.25, -0.2) is 15.0 Å². The molecule has 0 saturated heterocycles. The lowest BCUT2D eigenvalue weighted by atomic mass is 10.1. The van der Waals surface area contributed by atoms with Crippen LogP contribution in [-0.2, 0) is 6.18 Å². The van der Waals surface area contributed by atoms with Gasteiger partial charge in [0.05, 0.1) is 22.0 Å². The second kappa shape index (κ2) is 7.05. The zero-order valence-corrected chi connectivity index (χ0v) is 14.8. The van der Waals surface area contributed by atoms with Crippen LogP contribution in [0.5, 0.6) is 0 Å². The van der Waals surface area contributed by atoms with E-state index in [1.807, 2.05) is 0 Å². The van der Waals surface area contributed by atoms with Crippen LogP contribution in [0.1, 0.15) is 5.56 Å². The molecule has 0 aliphatic carbocycles. The summed E-state index contributed by atoms with van der Waals surface area (Å²) < 4.78 is 39.8. The second-order valence-electron chi connectivity index (χ2n) is 5.81. The molecule has 0 aliphatic rings. The quantitative estimate of drug-likeness (QED) is 0.491. The summed E-state index contributed by atoms with van der Waals surface area (Å²) in [5.74, 6) is 0.560. The molecule has 0 spiro atoms. The standard InChI is InChI=1S/C19H11ClF3N5/c20-11-3-6-16(26-10-11)27-14-7-9-25-18-12(14)4-5-15(28-18)17-13(19(21,22)23)2-1-8-24-17/h1-10H,(H,25,26,27,28). The number of hydrogen-bond donors (Lipinski definition) is 1. The highest BCUT2D eigenvalue weighted by Gasteiger charge is 2.34. The first-order valence-corrected chi connectivity index (χ1v) is 8.46. The number of rotatable bonds is 3. The van der Waals surface area contributed by atoms with Crippen LogP contribution < -0.4 is 5.32 Å². The monoisotopic (exact) mass is 401 g/mol. The molecule has 4 aromatic heterocycles. The third kappa shape index (κ3) is 3.59. The molecule has 1 N–H and O–H groups in total. The number of halogens is 4. The minimum Gasteiger partial charge on any atom is -0.340 e. The van der Waals surface area contributed by atoms with Crippen molar-refractivity contribution in [3.05, 3.63) is 71.6 Å². The summed E-state index contributed by atoms with van der Waals surface area (Å²) in [6, 6.07) is 10.5. The number of hydrogen-bond acceptors (Lipinski definition) is 5. The summed E-state index contributed by atoms with van der Waals surface area (Å²) >= 11 is 5.83. The van der Waals surface area contributed by atoms with Crippen LogP contribution in [0.25, 0.3) is 22.4 Å². The average molecular weight is 402 g/mol. The van der Waals surface area contributed by atoms with Gasteiger partial charge in [0.15, 0.2) is 5.65 Å². The molecule has 0 aliphatic heterocycles. The highest BCUT2D eigenvalue weighted by molar-refractivity contribution is 6.30. The first kappa shape index (κ1) is 18.1. The smallest absolute Gasteiger partial charge is 0.340 e. The second-order valence-corrected chi connectivity index (χ2v) is 6.25. The summed E-state index contributed by atoms with van der Waals surface area (Å²) in [6.45, 7) is 0. The molecule has 28 heavy (non-hydrogen) atoms. The Bertz CT molecular complexity index is 1150. The number of fused-ring (bicyclic) bond motifs is 1. The maximum absolute atomic E-state index is 13.3. The van der Waals surface area contributed by atoms with E-state index in [0.29, 0.717) is 21.9 Å². The van der Waals surface area contributed by atoms with Gasteiger partial charge in [0.25, 0.3) is 0 Å². The van der Waals surface area contributed by atoms with E-state index in [4.69, 9.17) is 11.6 Å². The molecule has 0 aromatic carbocycles. The Morgan fingerprint density at radius 1 is 0.893 bits per heavy atom. The first-order valence-electron chi connectivity index (χ1n) is 8.09. The van der Waals surface area contributed by atoms with Crippen LogP contribution in [-0.4, -0.2) is 19.9 Å². The highest BCUT2D eigenvalue weighted by atomic mass is 35.5. The molecule has 0 fully saturated rings. The molecule has 0 atom stereocenters. The van der Waals surface area contributed by atoms with Crippen molar-refractivity contribution in [2.45, 2.75) is 6.18 Å². The summed E-state index contributed by atoms with van der Waals surface area (Å²) in [5.41, 5.74) is -0.0428. The van der Waals surface area contributed by atoms with Gasteiger partial charge in [-0.1, -0.05) is 11.6 Å². The number of anilines is 2. The first-order chi connectivity index (χ1) is 13.4. The third-order valence-corrected chi connectivity index (χ3v) is 4.17. The Balaban J connectivity index is 1.77. The van der Waals surface area contributed by atoms with Crippen LogP contribution in [0.3, 0.4) is 0 Å². The maximum Gasteiger partial charge on any atom is 0.418 e. The summed E-state index contributed by atoms with van der Waals surface area (Å²) in [4.78, 5) is 16.5. The van der Waals surface area contributed by atoms with Gasteiger partial charge in [-0.3, -0.25) is 4.98 Å². The number of alkyl halides is 3. The number of nitrogens with zero attached hydrogens (tertiary/aromatic N) is 4. The van der Waals surface area contributed by atoms with Gasteiger partial charge < -0.3 is 5.32 Å². The van der Waals surface area contributed by atoms with E-state index < -0.39 is 11.7 Å². The van der Waals surface area contributed by atoms with Crippen molar-refractivity contribution < 1.29 is 13.2 Å². The van der Waals surface area contributed by atoms with Crippen molar-refractivity contribution in [1.82, 2.24) is 19.9 Å². The van der Waals surface area contributed by atoms with Gasteiger partial charge in [0.2, 0.25) is 0 Å². The normalized spacial score (nSPS) is 11.6.